The van der Waals surface area contributed by atoms with Crippen molar-refractivity contribution in [2.75, 3.05) is 33.2 Å². The van der Waals surface area contributed by atoms with Crippen molar-refractivity contribution in [3.63, 3.8) is 0 Å². The van der Waals surface area contributed by atoms with Crippen molar-refractivity contribution in [1.29, 1.82) is 0 Å². The van der Waals surface area contributed by atoms with Crippen molar-refractivity contribution < 1.29 is 4.74 Å². The van der Waals surface area contributed by atoms with Gasteiger partial charge in [0.2, 0.25) is 0 Å². The van der Waals surface area contributed by atoms with Crippen molar-refractivity contribution in [3.05, 3.63) is 29.8 Å². The zero-order chi connectivity index (χ0) is 20.1. The minimum absolute atomic E-state index is 0. The molecule has 1 aromatic carbocycles. The number of rotatable bonds is 5. The van der Waals surface area contributed by atoms with Gasteiger partial charge in [0.05, 0.1) is 6.04 Å². The molecule has 6 heteroatoms. The second kappa shape index (κ2) is 10.8. The highest BCUT2D eigenvalue weighted by molar-refractivity contribution is 14.0. The average molecular weight is 514 g/mol. The van der Waals surface area contributed by atoms with Crippen molar-refractivity contribution >= 4 is 29.9 Å². The molecule has 0 aromatic heterocycles. The molecule has 2 atom stereocenters. The number of likely N-dealkylation sites (tertiary alicyclic amines) is 1. The molecule has 1 saturated heterocycles. The fourth-order valence-electron chi connectivity index (χ4n) is 4.53. The molecule has 1 fully saturated rings. The van der Waals surface area contributed by atoms with Gasteiger partial charge in [-0.2, -0.15) is 0 Å². The SMILES string of the molecule is CN=C(NCC1CCCN(CC(C)C)C1)NC1CC(C)(C)Oc2ccccc21.I. The van der Waals surface area contributed by atoms with E-state index < -0.39 is 0 Å². The third-order valence-corrected chi connectivity index (χ3v) is 5.70. The highest BCUT2D eigenvalue weighted by atomic mass is 127. The maximum absolute atomic E-state index is 6.16. The Morgan fingerprint density at radius 1 is 1.31 bits per heavy atom. The molecule has 2 N–H and O–H groups in total. The van der Waals surface area contributed by atoms with Gasteiger partial charge in [-0.15, -0.1) is 24.0 Å². The van der Waals surface area contributed by atoms with Gasteiger partial charge in [0.1, 0.15) is 11.4 Å². The van der Waals surface area contributed by atoms with Gasteiger partial charge in [-0.25, -0.2) is 0 Å². The van der Waals surface area contributed by atoms with Gasteiger partial charge in [0, 0.05) is 38.7 Å². The Morgan fingerprint density at radius 2 is 2.07 bits per heavy atom. The first-order valence-electron chi connectivity index (χ1n) is 10.8. The molecule has 1 aromatic rings. The predicted molar refractivity (Wildman–Crippen MR) is 132 cm³/mol. The molecular formula is C23H39IN4O. The molecule has 29 heavy (non-hydrogen) atoms. The molecule has 3 rings (SSSR count). The minimum Gasteiger partial charge on any atom is -0.487 e. The number of benzene rings is 1. The molecule has 2 aliphatic rings. The van der Waals surface area contributed by atoms with Crippen LogP contribution in [0.2, 0.25) is 0 Å². The molecule has 164 valence electrons. The van der Waals surface area contributed by atoms with Crippen LogP contribution in [-0.4, -0.2) is 49.7 Å². The molecule has 2 unspecified atom stereocenters. The summed E-state index contributed by atoms with van der Waals surface area (Å²) in [5.74, 6) is 3.28. The topological polar surface area (TPSA) is 48.9 Å². The maximum Gasteiger partial charge on any atom is 0.191 e. The zero-order valence-corrected chi connectivity index (χ0v) is 21.0. The molecule has 0 spiro atoms. The molecule has 0 aliphatic carbocycles. The summed E-state index contributed by atoms with van der Waals surface area (Å²) in [5, 5.41) is 7.24. The van der Waals surface area contributed by atoms with E-state index in [1.54, 1.807) is 0 Å². The van der Waals surface area contributed by atoms with Crippen LogP contribution in [0.3, 0.4) is 0 Å². The Bertz CT molecular complexity index is 677. The maximum atomic E-state index is 6.16. The van der Waals surface area contributed by atoms with E-state index in [9.17, 15) is 0 Å². The van der Waals surface area contributed by atoms with Gasteiger partial charge in [-0.3, -0.25) is 4.99 Å². The van der Waals surface area contributed by atoms with Crippen LogP contribution in [0, 0.1) is 11.8 Å². The first kappa shape index (κ1) is 24.3. The largest absolute Gasteiger partial charge is 0.487 e. The van der Waals surface area contributed by atoms with Crippen LogP contribution >= 0.6 is 24.0 Å². The summed E-state index contributed by atoms with van der Waals surface area (Å²) >= 11 is 0. The number of hydrogen-bond acceptors (Lipinski definition) is 3. The second-order valence-electron chi connectivity index (χ2n) is 9.42. The molecule has 2 aliphatic heterocycles. The second-order valence-corrected chi connectivity index (χ2v) is 9.42. The van der Waals surface area contributed by atoms with Crippen LogP contribution in [0.25, 0.3) is 0 Å². The zero-order valence-electron chi connectivity index (χ0n) is 18.7. The smallest absolute Gasteiger partial charge is 0.191 e. The third-order valence-electron chi connectivity index (χ3n) is 5.70. The Morgan fingerprint density at radius 3 is 2.79 bits per heavy atom. The van der Waals surface area contributed by atoms with Crippen LogP contribution in [0.4, 0.5) is 0 Å². The van der Waals surface area contributed by atoms with Crippen LogP contribution in [0.1, 0.15) is 58.6 Å². The number of piperidine rings is 1. The van der Waals surface area contributed by atoms with E-state index in [0.717, 1.165) is 30.6 Å². The van der Waals surface area contributed by atoms with Crippen LogP contribution < -0.4 is 15.4 Å². The van der Waals surface area contributed by atoms with E-state index in [-0.39, 0.29) is 35.6 Å². The first-order chi connectivity index (χ1) is 13.4. The lowest BCUT2D eigenvalue weighted by Crippen LogP contribution is -2.48. The lowest BCUT2D eigenvalue weighted by molar-refractivity contribution is 0.0693. The summed E-state index contributed by atoms with van der Waals surface area (Å²) in [6, 6.07) is 8.54. The van der Waals surface area contributed by atoms with E-state index in [2.05, 4.69) is 66.4 Å². The van der Waals surface area contributed by atoms with Crippen LogP contribution in [0.15, 0.2) is 29.3 Å². The first-order valence-corrected chi connectivity index (χ1v) is 10.8. The van der Waals surface area contributed by atoms with Crippen molar-refractivity contribution in [2.24, 2.45) is 16.8 Å². The summed E-state index contributed by atoms with van der Waals surface area (Å²) in [6.45, 7) is 13.5. The molecular weight excluding hydrogens is 475 g/mol. The number of nitrogens with zero attached hydrogens (tertiary/aromatic N) is 2. The number of halogens is 1. The van der Waals surface area contributed by atoms with Gasteiger partial charge in [0.15, 0.2) is 5.96 Å². The summed E-state index contributed by atoms with van der Waals surface area (Å²) < 4.78 is 6.16. The van der Waals surface area contributed by atoms with Gasteiger partial charge in [-0.1, -0.05) is 32.0 Å². The number of guanidine groups is 1. The number of nitrogens with one attached hydrogen (secondary N) is 2. The summed E-state index contributed by atoms with van der Waals surface area (Å²) in [6.07, 6.45) is 3.51. The lowest BCUT2D eigenvalue weighted by Gasteiger charge is -2.38. The third kappa shape index (κ3) is 7.02. The van der Waals surface area contributed by atoms with Gasteiger partial charge < -0.3 is 20.3 Å². The van der Waals surface area contributed by atoms with E-state index in [1.807, 2.05) is 13.1 Å². The molecule has 0 saturated carbocycles. The van der Waals surface area contributed by atoms with Crippen molar-refractivity contribution in [1.82, 2.24) is 15.5 Å². The lowest BCUT2D eigenvalue weighted by atomic mass is 9.90. The van der Waals surface area contributed by atoms with Crippen LogP contribution in [-0.2, 0) is 0 Å². The molecule has 2 heterocycles. The Hall–Kier alpha value is -1.02. The predicted octanol–water partition coefficient (Wildman–Crippen LogP) is 4.44. The van der Waals surface area contributed by atoms with E-state index >= 15 is 0 Å². The fourth-order valence-corrected chi connectivity index (χ4v) is 4.53. The molecule has 0 bridgehead atoms. The number of hydrogen-bond donors (Lipinski definition) is 2. The fraction of sp³-hybridized carbons (Fsp3) is 0.696. The monoisotopic (exact) mass is 514 g/mol. The molecule has 5 nitrogen and oxygen atoms in total. The van der Waals surface area contributed by atoms with Gasteiger partial charge in [0.25, 0.3) is 0 Å². The summed E-state index contributed by atoms with van der Waals surface area (Å²) in [7, 11) is 1.86. The van der Waals surface area contributed by atoms with E-state index in [1.165, 1.54) is 38.0 Å². The number of para-hydroxylation sites is 1. The summed E-state index contributed by atoms with van der Waals surface area (Å²) in [4.78, 5) is 7.11. The minimum atomic E-state index is -0.189. The number of ether oxygens (including phenoxy) is 1. The Balaban J connectivity index is 0.00000300. The quantitative estimate of drug-likeness (QED) is 0.347. The highest BCUT2D eigenvalue weighted by Gasteiger charge is 2.34. The van der Waals surface area contributed by atoms with E-state index in [4.69, 9.17) is 4.74 Å². The molecule has 0 amide bonds. The highest BCUT2D eigenvalue weighted by Crippen LogP contribution is 2.39. The Labute approximate surface area is 194 Å². The average Bonchev–Trinajstić information content (AvgIpc) is 2.64. The van der Waals surface area contributed by atoms with E-state index in [0.29, 0.717) is 5.92 Å². The van der Waals surface area contributed by atoms with Crippen molar-refractivity contribution in [2.45, 2.75) is 58.6 Å². The van der Waals surface area contributed by atoms with Crippen molar-refractivity contribution in [3.8, 4) is 5.75 Å². The normalized spacial score (nSPS) is 24.3. The molecule has 0 radical (unpaired) electrons. The van der Waals surface area contributed by atoms with Gasteiger partial charge in [-0.05, 0) is 51.1 Å². The standard InChI is InChI=1S/C23H38N4O.HI/c1-17(2)15-27-12-8-9-18(16-27)14-25-22(24-5)26-20-13-23(3,4)28-21-11-7-6-10-19(20)21;/h6-7,10-11,17-18,20H,8-9,12-16H2,1-5H3,(H2,24,25,26);1H. The Kier molecular flexibility index (Phi) is 9.07. The van der Waals surface area contributed by atoms with Gasteiger partial charge >= 0.3 is 0 Å². The number of aliphatic imine (C=N–C) groups is 1. The number of fused-ring (bicyclic) bond motifs is 1. The summed E-state index contributed by atoms with van der Waals surface area (Å²) in [5.41, 5.74) is 1.02. The van der Waals surface area contributed by atoms with Crippen LogP contribution in [0.5, 0.6) is 5.75 Å².